The van der Waals surface area contributed by atoms with Crippen LogP contribution >= 0.6 is 0 Å². The lowest BCUT2D eigenvalue weighted by Gasteiger charge is -2.27. The molecule has 150 valence electrons. The number of carbonyl (C=O) groups excluding carboxylic acids is 1. The van der Waals surface area contributed by atoms with Crippen molar-refractivity contribution in [1.82, 2.24) is 34.5 Å². The first-order valence-corrected chi connectivity index (χ1v) is 9.79. The molecule has 0 aliphatic carbocycles. The normalized spacial score (nSPS) is 19.4. The molecule has 0 aromatic carbocycles. The Kier molecular flexibility index (Phi) is 4.78. The number of aryl methyl sites for hydroxylation is 2. The lowest BCUT2D eigenvalue weighted by Crippen LogP contribution is -2.40. The first kappa shape index (κ1) is 18.8. The van der Waals surface area contributed by atoms with Crippen LogP contribution in [0.4, 0.5) is 5.82 Å². The summed E-state index contributed by atoms with van der Waals surface area (Å²) in [7, 11) is 4.22. The maximum Gasteiger partial charge on any atom is 0.292 e. The van der Waals surface area contributed by atoms with Crippen molar-refractivity contribution in [2.75, 3.05) is 38.6 Å². The van der Waals surface area contributed by atoms with Crippen LogP contribution in [0.5, 0.6) is 0 Å². The number of rotatable bonds is 3. The number of hydrogen-bond donors (Lipinski definition) is 0. The van der Waals surface area contributed by atoms with Gasteiger partial charge in [-0.3, -0.25) is 4.79 Å². The Hall–Kier alpha value is -2.55. The van der Waals surface area contributed by atoms with E-state index in [2.05, 4.69) is 39.0 Å². The van der Waals surface area contributed by atoms with Crippen LogP contribution < -0.4 is 4.90 Å². The third-order valence-electron chi connectivity index (χ3n) is 5.80. The highest BCUT2D eigenvalue weighted by Crippen LogP contribution is 2.26. The summed E-state index contributed by atoms with van der Waals surface area (Å²) in [6.45, 7) is 9.40. The van der Waals surface area contributed by atoms with Gasteiger partial charge in [0.05, 0.1) is 13.1 Å². The number of aromatic nitrogens is 5. The highest BCUT2D eigenvalue weighted by atomic mass is 16.2. The summed E-state index contributed by atoms with van der Waals surface area (Å²) in [5.74, 6) is 2.57. The van der Waals surface area contributed by atoms with Gasteiger partial charge in [0, 0.05) is 36.9 Å². The molecule has 0 N–H and O–H groups in total. The van der Waals surface area contributed by atoms with Crippen molar-refractivity contribution in [3.8, 4) is 0 Å². The predicted molar refractivity (Wildman–Crippen MR) is 105 cm³/mol. The molecule has 2 aromatic heterocycles. The molecule has 1 atom stereocenters. The molecule has 2 aromatic rings. The summed E-state index contributed by atoms with van der Waals surface area (Å²) in [6.07, 6.45) is 1.10. The summed E-state index contributed by atoms with van der Waals surface area (Å²) >= 11 is 0. The molecule has 1 amide bonds. The van der Waals surface area contributed by atoms with E-state index in [4.69, 9.17) is 4.98 Å². The summed E-state index contributed by atoms with van der Waals surface area (Å²) in [5.41, 5.74) is 1.91. The number of carbonyl (C=O) groups is 1. The third kappa shape index (κ3) is 3.34. The van der Waals surface area contributed by atoms with E-state index in [0.717, 1.165) is 48.2 Å². The van der Waals surface area contributed by atoms with Gasteiger partial charge in [-0.1, -0.05) is 0 Å². The van der Waals surface area contributed by atoms with E-state index in [-0.39, 0.29) is 11.7 Å². The molecule has 9 nitrogen and oxygen atoms in total. The third-order valence-corrected chi connectivity index (χ3v) is 5.80. The fourth-order valence-corrected chi connectivity index (χ4v) is 3.95. The molecule has 0 saturated carbocycles. The van der Waals surface area contributed by atoms with E-state index in [1.165, 1.54) is 0 Å². The van der Waals surface area contributed by atoms with Crippen LogP contribution in [0.3, 0.4) is 0 Å². The van der Waals surface area contributed by atoms with Crippen LogP contribution in [0, 0.1) is 20.8 Å². The molecule has 1 fully saturated rings. The zero-order chi connectivity index (χ0) is 20.0. The van der Waals surface area contributed by atoms with Crippen molar-refractivity contribution < 1.29 is 4.79 Å². The van der Waals surface area contributed by atoms with Gasteiger partial charge in [0.25, 0.3) is 5.91 Å². The molecule has 0 bridgehead atoms. The second-order valence-corrected chi connectivity index (χ2v) is 7.96. The van der Waals surface area contributed by atoms with Crippen molar-refractivity contribution >= 4 is 11.7 Å². The van der Waals surface area contributed by atoms with Gasteiger partial charge in [0.15, 0.2) is 0 Å². The lowest BCUT2D eigenvalue weighted by atomic mass is 10.2. The average Bonchev–Trinajstić information content (AvgIpc) is 3.28. The molecular weight excluding hydrogens is 356 g/mol. The van der Waals surface area contributed by atoms with Gasteiger partial charge >= 0.3 is 0 Å². The number of amides is 1. The molecule has 9 heteroatoms. The van der Waals surface area contributed by atoms with Crippen molar-refractivity contribution in [2.45, 2.75) is 46.3 Å². The molecule has 28 heavy (non-hydrogen) atoms. The molecule has 0 spiro atoms. The Bertz CT molecular complexity index is 906. The van der Waals surface area contributed by atoms with E-state index in [9.17, 15) is 4.79 Å². The van der Waals surface area contributed by atoms with Crippen LogP contribution in [0.15, 0.2) is 0 Å². The monoisotopic (exact) mass is 384 g/mol. The Labute approximate surface area is 165 Å². The van der Waals surface area contributed by atoms with E-state index >= 15 is 0 Å². The second kappa shape index (κ2) is 7.12. The van der Waals surface area contributed by atoms with Crippen molar-refractivity contribution in [1.29, 1.82) is 0 Å². The van der Waals surface area contributed by atoms with Gasteiger partial charge < -0.3 is 14.7 Å². The van der Waals surface area contributed by atoms with Crippen LogP contribution in [-0.4, -0.2) is 80.2 Å². The minimum absolute atomic E-state index is 0.139. The fourth-order valence-electron chi connectivity index (χ4n) is 3.95. The molecular formula is C19H28N8O. The fraction of sp³-hybridized carbons (Fsp3) is 0.632. The van der Waals surface area contributed by atoms with Crippen LogP contribution in [0.25, 0.3) is 0 Å². The van der Waals surface area contributed by atoms with Gasteiger partial charge in [-0.15, -0.1) is 0 Å². The number of hydrogen-bond acceptors (Lipinski definition) is 7. The SMILES string of the molecule is Cc1nc2n(n1)CCN(C(=O)c1nc(C)c(C)c(N3CC[C@@H](N(C)C)C3)n1)C2. The van der Waals surface area contributed by atoms with Gasteiger partial charge in [0.2, 0.25) is 5.82 Å². The minimum Gasteiger partial charge on any atom is -0.355 e. The molecule has 2 aliphatic rings. The van der Waals surface area contributed by atoms with Gasteiger partial charge in [-0.25, -0.2) is 19.6 Å². The maximum absolute atomic E-state index is 13.1. The summed E-state index contributed by atoms with van der Waals surface area (Å²) in [5, 5.41) is 4.36. The van der Waals surface area contributed by atoms with Crippen molar-refractivity contribution in [2.24, 2.45) is 0 Å². The first-order valence-electron chi connectivity index (χ1n) is 9.79. The predicted octanol–water partition coefficient (Wildman–Crippen LogP) is 0.790. The second-order valence-electron chi connectivity index (χ2n) is 7.96. The first-order chi connectivity index (χ1) is 13.3. The summed E-state index contributed by atoms with van der Waals surface area (Å²) < 4.78 is 1.87. The number of fused-ring (bicyclic) bond motifs is 1. The van der Waals surface area contributed by atoms with E-state index in [1.807, 2.05) is 25.5 Å². The summed E-state index contributed by atoms with van der Waals surface area (Å²) in [6, 6.07) is 0.505. The van der Waals surface area contributed by atoms with Crippen molar-refractivity contribution in [3.05, 3.63) is 28.7 Å². The Balaban J connectivity index is 1.58. The Morgan fingerprint density at radius 3 is 2.57 bits per heavy atom. The zero-order valence-corrected chi connectivity index (χ0v) is 17.3. The molecule has 0 radical (unpaired) electrons. The largest absolute Gasteiger partial charge is 0.355 e. The molecule has 2 aliphatic heterocycles. The van der Waals surface area contributed by atoms with Gasteiger partial charge in [0.1, 0.15) is 17.5 Å². The van der Waals surface area contributed by atoms with Gasteiger partial charge in [-0.05, 0) is 41.3 Å². The van der Waals surface area contributed by atoms with Crippen LogP contribution in [0.2, 0.25) is 0 Å². The van der Waals surface area contributed by atoms with Crippen molar-refractivity contribution in [3.63, 3.8) is 0 Å². The molecule has 0 unspecified atom stereocenters. The molecule has 1 saturated heterocycles. The lowest BCUT2D eigenvalue weighted by molar-refractivity contribution is 0.0689. The summed E-state index contributed by atoms with van der Waals surface area (Å²) in [4.78, 5) is 33.1. The molecule has 4 rings (SSSR count). The number of likely N-dealkylation sites (N-methyl/N-ethyl adjacent to an activating group) is 1. The Morgan fingerprint density at radius 2 is 1.86 bits per heavy atom. The van der Waals surface area contributed by atoms with Crippen LogP contribution in [0.1, 0.15) is 39.9 Å². The Morgan fingerprint density at radius 1 is 1.07 bits per heavy atom. The standard InChI is InChI=1S/C19H28N8O/c1-12-13(2)20-17(22-18(12)25-7-6-15(10-25)24(4)5)19(28)26-8-9-27-16(11-26)21-14(3)23-27/h15H,6-11H2,1-5H3/t15-/m1/s1. The van der Waals surface area contributed by atoms with E-state index < -0.39 is 0 Å². The van der Waals surface area contributed by atoms with Crippen LogP contribution in [-0.2, 0) is 13.1 Å². The topological polar surface area (TPSA) is 83.3 Å². The van der Waals surface area contributed by atoms with Gasteiger partial charge in [-0.2, -0.15) is 5.10 Å². The number of anilines is 1. The minimum atomic E-state index is -0.139. The van der Waals surface area contributed by atoms with E-state index in [0.29, 0.717) is 25.7 Å². The quantitative estimate of drug-likeness (QED) is 0.774. The molecule has 4 heterocycles. The highest BCUT2D eigenvalue weighted by Gasteiger charge is 2.30. The maximum atomic E-state index is 13.1. The zero-order valence-electron chi connectivity index (χ0n) is 17.3. The average molecular weight is 384 g/mol. The smallest absolute Gasteiger partial charge is 0.292 e. The van der Waals surface area contributed by atoms with E-state index in [1.54, 1.807) is 4.90 Å². The number of nitrogens with zero attached hydrogens (tertiary/aromatic N) is 8. The highest BCUT2D eigenvalue weighted by molar-refractivity contribution is 5.91.